The average Bonchev–Trinajstić information content (AvgIpc) is 2.43. The van der Waals surface area contributed by atoms with E-state index in [0.29, 0.717) is 6.54 Å². The quantitative estimate of drug-likeness (QED) is 0.763. The van der Waals surface area contributed by atoms with Gasteiger partial charge < -0.3 is 15.5 Å². The summed E-state index contributed by atoms with van der Waals surface area (Å²) >= 11 is 0. The fourth-order valence-electron chi connectivity index (χ4n) is 1.55. The first-order chi connectivity index (χ1) is 9.13. The Hall–Kier alpha value is -2.04. The highest BCUT2D eigenvalue weighted by Gasteiger charge is 2.08. The second-order valence-electron chi connectivity index (χ2n) is 4.32. The van der Waals surface area contributed by atoms with Crippen LogP contribution in [0.3, 0.4) is 0 Å². The number of nitrogens with one attached hydrogen (secondary N) is 2. The first-order valence-corrected chi connectivity index (χ1v) is 6.43. The number of carbonyl (C=O) groups excluding carboxylic acids is 2. The number of nitrogens with zero attached hydrogens (tertiary/aromatic N) is 1. The van der Waals surface area contributed by atoms with Crippen molar-refractivity contribution in [2.45, 2.75) is 13.3 Å². The van der Waals surface area contributed by atoms with E-state index in [4.69, 9.17) is 0 Å². The third-order valence-corrected chi connectivity index (χ3v) is 2.60. The lowest BCUT2D eigenvalue weighted by atomic mass is 10.3. The molecule has 0 bridgehead atoms. The molecule has 0 saturated carbocycles. The van der Waals surface area contributed by atoms with E-state index >= 15 is 0 Å². The van der Waals surface area contributed by atoms with Gasteiger partial charge in [0.15, 0.2) is 0 Å². The van der Waals surface area contributed by atoms with E-state index in [9.17, 15) is 9.59 Å². The molecule has 0 spiro atoms. The van der Waals surface area contributed by atoms with Crippen LogP contribution in [-0.4, -0.2) is 38.5 Å². The summed E-state index contributed by atoms with van der Waals surface area (Å²) in [5, 5.41) is 5.30. The second-order valence-corrected chi connectivity index (χ2v) is 4.32. The molecular weight excluding hydrogens is 242 g/mol. The minimum Gasteiger partial charge on any atom is -0.365 e. The average molecular weight is 263 g/mol. The van der Waals surface area contributed by atoms with Gasteiger partial charge in [0.05, 0.1) is 13.1 Å². The maximum Gasteiger partial charge on any atom is 0.239 e. The van der Waals surface area contributed by atoms with Crippen LogP contribution in [0.1, 0.15) is 13.3 Å². The maximum atomic E-state index is 11.7. The standard InChI is InChI=1S/C14H21N3O2/c1-3-9-15-13(18)10-16-14(19)11-17(2)12-7-5-4-6-8-12/h4-8H,3,9-11H2,1-2H3,(H,15,18)(H,16,19). The van der Waals surface area contributed by atoms with Crippen LogP contribution in [0.4, 0.5) is 5.69 Å². The molecule has 1 rings (SSSR count). The van der Waals surface area contributed by atoms with Gasteiger partial charge in [0, 0.05) is 19.3 Å². The number of benzene rings is 1. The maximum absolute atomic E-state index is 11.7. The summed E-state index contributed by atoms with van der Waals surface area (Å²) in [6.07, 6.45) is 0.885. The van der Waals surface area contributed by atoms with Crippen molar-refractivity contribution >= 4 is 17.5 Å². The molecule has 19 heavy (non-hydrogen) atoms. The van der Waals surface area contributed by atoms with Gasteiger partial charge in [-0.3, -0.25) is 9.59 Å². The van der Waals surface area contributed by atoms with E-state index in [2.05, 4.69) is 10.6 Å². The van der Waals surface area contributed by atoms with Crippen LogP contribution in [0.2, 0.25) is 0 Å². The number of anilines is 1. The summed E-state index contributed by atoms with van der Waals surface area (Å²) in [4.78, 5) is 24.8. The van der Waals surface area contributed by atoms with Gasteiger partial charge in [0.25, 0.3) is 0 Å². The van der Waals surface area contributed by atoms with E-state index in [1.165, 1.54) is 0 Å². The molecule has 2 N–H and O–H groups in total. The Kier molecular flexibility index (Phi) is 6.43. The van der Waals surface area contributed by atoms with E-state index < -0.39 is 0 Å². The zero-order valence-corrected chi connectivity index (χ0v) is 11.5. The molecule has 0 aliphatic heterocycles. The molecular formula is C14H21N3O2. The predicted octanol–water partition coefficient (Wildman–Crippen LogP) is 0.765. The van der Waals surface area contributed by atoms with Crippen molar-refractivity contribution in [1.29, 1.82) is 0 Å². The van der Waals surface area contributed by atoms with Gasteiger partial charge in [0.1, 0.15) is 0 Å². The molecule has 0 radical (unpaired) electrons. The summed E-state index contributed by atoms with van der Waals surface area (Å²) in [5.41, 5.74) is 0.966. The molecule has 5 heteroatoms. The molecule has 1 aromatic rings. The lowest BCUT2D eigenvalue weighted by Crippen LogP contribution is -2.41. The lowest BCUT2D eigenvalue weighted by molar-refractivity contribution is -0.125. The fraction of sp³-hybridized carbons (Fsp3) is 0.429. The molecule has 0 aromatic heterocycles. The summed E-state index contributed by atoms with van der Waals surface area (Å²) in [7, 11) is 1.84. The lowest BCUT2D eigenvalue weighted by Gasteiger charge is -2.18. The van der Waals surface area contributed by atoms with Crippen LogP contribution >= 0.6 is 0 Å². The van der Waals surface area contributed by atoms with Gasteiger partial charge in [-0.2, -0.15) is 0 Å². The van der Waals surface area contributed by atoms with Gasteiger partial charge in [-0.25, -0.2) is 0 Å². The van der Waals surface area contributed by atoms with Crippen molar-refractivity contribution in [2.24, 2.45) is 0 Å². The summed E-state index contributed by atoms with van der Waals surface area (Å²) in [5.74, 6) is -0.324. The molecule has 0 saturated heterocycles. The third-order valence-electron chi connectivity index (χ3n) is 2.60. The SMILES string of the molecule is CCCNC(=O)CNC(=O)CN(C)c1ccccc1. The Morgan fingerprint density at radius 2 is 1.79 bits per heavy atom. The van der Waals surface area contributed by atoms with Gasteiger partial charge in [-0.1, -0.05) is 25.1 Å². The predicted molar refractivity (Wildman–Crippen MR) is 76.0 cm³/mol. The van der Waals surface area contributed by atoms with Crippen LogP contribution < -0.4 is 15.5 Å². The minimum absolute atomic E-state index is 0.0292. The number of amides is 2. The highest BCUT2D eigenvalue weighted by Crippen LogP contribution is 2.09. The van der Waals surface area contributed by atoms with Crippen molar-refractivity contribution in [3.63, 3.8) is 0 Å². The number of hydrogen-bond donors (Lipinski definition) is 2. The topological polar surface area (TPSA) is 61.4 Å². The molecule has 0 fully saturated rings. The smallest absolute Gasteiger partial charge is 0.239 e. The monoisotopic (exact) mass is 263 g/mol. The first-order valence-electron chi connectivity index (χ1n) is 6.43. The summed E-state index contributed by atoms with van der Waals surface area (Å²) < 4.78 is 0. The van der Waals surface area contributed by atoms with E-state index in [0.717, 1.165) is 12.1 Å². The number of hydrogen-bond acceptors (Lipinski definition) is 3. The summed E-state index contributed by atoms with van der Waals surface area (Å²) in [6, 6.07) is 9.63. The number of carbonyl (C=O) groups is 2. The zero-order chi connectivity index (χ0) is 14.1. The Morgan fingerprint density at radius 3 is 2.42 bits per heavy atom. The highest BCUT2D eigenvalue weighted by atomic mass is 16.2. The van der Waals surface area contributed by atoms with Gasteiger partial charge >= 0.3 is 0 Å². The Bertz CT molecular complexity index is 406. The normalized spacial score (nSPS) is 9.79. The van der Waals surface area contributed by atoms with E-state index in [1.54, 1.807) is 0 Å². The molecule has 0 heterocycles. The van der Waals surface area contributed by atoms with Crippen LogP contribution in [0.5, 0.6) is 0 Å². The van der Waals surface area contributed by atoms with Crippen LogP contribution in [0.25, 0.3) is 0 Å². The van der Waals surface area contributed by atoms with Crippen molar-refractivity contribution in [3.8, 4) is 0 Å². The highest BCUT2D eigenvalue weighted by molar-refractivity contribution is 5.86. The Labute approximate surface area is 114 Å². The van der Waals surface area contributed by atoms with Crippen molar-refractivity contribution in [1.82, 2.24) is 10.6 Å². The van der Waals surface area contributed by atoms with Gasteiger partial charge in [0.2, 0.25) is 11.8 Å². The largest absolute Gasteiger partial charge is 0.365 e. The minimum atomic E-state index is -0.169. The molecule has 0 aliphatic rings. The van der Waals surface area contributed by atoms with E-state index in [-0.39, 0.29) is 24.9 Å². The third kappa shape index (κ3) is 5.90. The van der Waals surface area contributed by atoms with Crippen molar-refractivity contribution < 1.29 is 9.59 Å². The fourth-order valence-corrected chi connectivity index (χ4v) is 1.55. The number of rotatable bonds is 7. The molecule has 2 amide bonds. The van der Waals surface area contributed by atoms with Gasteiger partial charge in [-0.05, 0) is 18.6 Å². The number of para-hydroxylation sites is 1. The van der Waals surface area contributed by atoms with Crippen molar-refractivity contribution in [2.75, 3.05) is 31.6 Å². The van der Waals surface area contributed by atoms with Crippen molar-refractivity contribution in [3.05, 3.63) is 30.3 Å². The molecule has 1 aromatic carbocycles. The Balaban J connectivity index is 2.29. The van der Waals surface area contributed by atoms with Crippen LogP contribution in [0, 0.1) is 0 Å². The Morgan fingerprint density at radius 1 is 1.11 bits per heavy atom. The summed E-state index contributed by atoms with van der Waals surface area (Å²) in [6.45, 7) is 2.87. The molecule has 104 valence electrons. The van der Waals surface area contributed by atoms with Crippen LogP contribution in [0.15, 0.2) is 30.3 Å². The second kappa shape index (κ2) is 8.13. The van der Waals surface area contributed by atoms with Gasteiger partial charge in [-0.15, -0.1) is 0 Å². The van der Waals surface area contributed by atoms with Crippen LogP contribution in [-0.2, 0) is 9.59 Å². The molecule has 5 nitrogen and oxygen atoms in total. The number of likely N-dealkylation sites (N-methyl/N-ethyl adjacent to an activating group) is 1. The molecule has 0 aliphatic carbocycles. The zero-order valence-electron chi connectivity index (χ0n) is 11.5. The first kappa shape index (κ1) is 15.0. The molecule has 0 unspecified atom stereocenters. The van der Waals surface area contributed by atoms with E-state index in [1.807, 2.05) is 49.2 Å². The molecule has 0 atom stereocenters.